The van der Waals surface area contributed by atoms with E-state index in [1.54, 1.807) is 6.08 Å². The molecule has 0 saturated carbocycles. The fraction of sp³-hybridized carbons (Fsp3) is 0.421. The Morgan fingerprint density at radius 2 is 1.89 bits per heavy atom. The first-order chi connectivity index (χ1) is 13.0. The maximum atomic E-state index is 12.5. The molecule has 0 aliphatic carbocycles. The zero-order chi connectivity index (χ0) is 19.8. The van der Waals surface area contributed by atoms with E-state index in [-0.39, 0.29) is 12.3 Å². The number of carbonyl (C=O) groups is 2. The summed E-state index contributed by atoms with van der Waals surface area (Å²) in [5, 5.41) is 8.72. The van der Waals surface area contributed by atoms with E-state index >= 15 is 0 Å². The lowest BCUT2D eigenvalue weighted by molar-refractivity contribution is -0.140. The number of aliphatic carboxylic acids is 1. The third-order valence-corrected chi connectivity index (χ3v) is 5.17. The fourth-order valence-corrected chi connectivity index (χ4v) is 3.83. The van der Waals surface area contributed by atoms with E-state index in [1.165, 1.54) is 16.7 Å². The second-order valence-electron chi connectivity index (χ2n) is 5.74. The van der Waals surface area contributed by atoms with Gasteiger partial charge in [0.25, 0.3) is 5.91 Å². The number of carboxylic acid groups (broad SMARTS) is 1. The Labute approximate surface area is 168 Å². The number of thiocarbonyl (C=S) groups is 1. The maximum absolute atomic E-state index is 12.5. The summed E-state index contributed by atoms with van der Waals surface area (Å²) < 4.78 is 11.6. The molecule has 1 aliphatic rings. The van der Waals surface area contributed by atoms with Crippen molar-refractivity contribution in [2.24, 2.45) is 0 Å². The first-order valence-electron chi connectivity index (χ1n) is 8.76. The Morgan fingerprint density at radius 3 is 2.44 bits per heavy atom. The molecule has 1 fully saturated rings. The van der Waals surface area contributed by atoms with Gasteiger partial charge < -0.3 is 14.6 Å². The second-order valence-corrected chi connectivity index (χ2v) is 7.42. The topological polar surface area (TPSA) is 76.1 Å². The number of hydrogen-bond acceptors (Lipinski definition) is 6. The van der Waals surface area contributed by atoms with Crippen LogP contribution in [0.3, 0.4) is 0 Å². The smallest absolute Gasteiger partial charge is 0.303 e. The molecule has 0 aromatic heterocycles. The van der Waals surface area contributed by atoms with Gasteiger partial charge in [-0.1, -0.05) is 48.2 Å². The van der Waals surface area contributed by atoms with E-state index in [2.05, 4.69) is 0 Å². The number of carboxylic acids is 1. The summed E-state index contributed by atoms with van der Waals surface area (Å²) >= 11 is 6.48. The number of hydrogen-bond donors (Lipinski definition) is 1. The molecule has 8 heteroatoms. The average Bonchev–Trinajstić information content (AvgIpc) is 2.89. The van der Waals surface area contributed by atoms with Crippen LogP contribution in [0.5, 0.6) is 0 Å². The van der Waals surface area contributed by atoms with Crippen LogP contribution in [0.25, 0.3) is 6.08 Å². The largest absolute Gasteiger partial charge is 0.481 e. The highest BCUT2D eigenvalue weighted by Gasteiger charge is 2.31. The van der Waals surface area contributed by atoms with Crippen LogP contribution in [0.1, 0.15) is 44.1 Å². The zero-order valence-electron chi connectivity index (χ0n) is 15.3. The average molecular weight is 410 g/mol. The van der Waals surface area contributed by atoms with Gasteiger partial charge in [-0.2, -0.15) is 0 Å². The van der Waals surface area contributed by atoms with Gasteiger partial charge >= 0.3 is 5.97 Å². The molecule has 27 heavy (non-hydrogen) atoms. The zero-order valence-corrected chi connectivity index (χ0v) is 17.0. The van der Waals surface area contributed by atoms with Crippen LogP contribution in [0.2, 0.25) is 0 Å². The van der Waals surface area contributed by atoms with Crippen LogP contribution in [-0.2, 0) is 19.1 Å². The monoisotopic (exact) mass is 409 g/mol. The number of rotatable bonds is 10. The van der Waals surface area contributed by atoms with Crippen molar-refractivity contribution in [2.45, 2.75) is 33.0 Å². The van der Waals surface area contributed by atoms with Crippen LogP contribution in [0, 0.1) is 0 Å². The van der Waals surface area contributed by atoms with Crippen molar-refractivity contribution in [2.75, 3.05) is 19.8 Å². The summed E-state index contributed by atoms with van der Waals surface area (Å²) in [6, 6.07) is 7.62. The number of amides is 1. The van der Waals surface area contributed by atoms with Crippen molar-refractivity contribution < 1.29 is 24.2 Å². The molecule has 1 saturated heterocycles. The number of ether oxygens (including phenoxy) is 2. The highest BCUT2D eigenvalue weighted by Crippen LogP contribution is 2.33. The number of nitrogens with zero attached hydrogens (tertiary/aromatic N) is 1. The quantitative estimate of drug-likeness (QED) is 0.358. The molecular weight excluding hydrogens is 386 g/mol. The van der Waals surface area contributed by atoms with Gasteiger partial charge in [-0.15, -0.1) is 0 Å². The number of thioether (sulfide) groups is 1. The summed E-state index contributed by atoms with van der Waals surface area (Å²) in [5.74, 6) is -1.06. The number of carbonyl (C=O) groups excluding carboxylic acids is 1. The Bertz CT molecular complexity index is 711. The third kappa shape index (κ3) is 6.14. The molecule has 6 nitrogen and oxygen atoms in total. The van der Waals surface area contributed by atoms with Crippen LogP contribution in [0.15, 0.2) is 29.2 Å². The second kappa shape index (κ2) is 10.6. The van der Waals surface area contributed by atoms with Crippen LogP contribution in [0.4, 0.5) is 0 Å². The van der Waals surface area contributed by atoms with Crippen molar-refractivity contribution in [1.82, 2.24) is 4.90 Å². The third-order valence-electron chi connectivity index (χ3n) is 3.79. The first kappa shape index (κ1) is 21.6. The van der Waals surface area contributed by atoms with Gasteiger partial charge in [0.15, 0.2) is 6.29 Å². The normalized spacial score (nSPS) is 16.0. The van der Waals surface area contributed by atoms with E-state index < -0.39 is 12.3 Å². The van der Waals surface area contributed by atoms with Crippen molar-refractivity contribution in [3.05, 3.63) is 40.3 Å². The maximum Gasteiger partial charge on any atom is 0.303 e. The Balaban J connectivity index is 2.06. The van der Waals surface area contributed by atoms with E-state index in [9.17, 15) is 9.59 Å². The molecule has 146 valence electrons. The molecule has 0 spiro atoms. The molecule has 1 aliphatic heterocycles. The lowest BCUT2D eigenvalue weighted by Crippen LogP contribution is -2.29. The highest BCUT2D eigenvalue weighted by atomic mass is 32.2. The summed E-state index contributed by atoms with van der Waals surface area (Å²) in [7, 11) is 0. The predicted molar refractivity (Wildman–Crippen MR) is 109 cm³/mol. The highest BCUT2D eigenvalue weighted by molar-refractivity contribution is 8.26. The van der Waals surface area contributed by atoms with Gasteiger partial charge in [-0.25, -0.2) is 0 Å². The van der Waals surface area contributed by atoms with E-state index in [0.717, 1.165) is 11.1 Å². The Hall–Kier alpha value is -1.74. The standard InChI is InChI=1S/C19H23NO5S2/c1-3-24-18(25-4-2)14-9-7-13(8-10-14)12-15-17(23)20(19(26)27-15)11-5-6-16(21)22/h7-10,12,18H,3-6,11H2,1-2H3,(H,21,22). The van der Waals surface area contributed by atoms with Crippen molar-refractivity contribution in [3.63, 3.8) is 0 Å². The Morgan fingerprint density at radius 1 is 1.26 bits per heavy atom. The van der Waals surface area contributed by atoms with Gasteiger partial charge in [0.05, 0.1) is 4.91 Å². The van der Waals surface area contributed by atoms with Gasteiger partial charge in [0.2, 0.25) is 0 Å². The van der Waals surface area contributed by atoms with Crippen molar-refractivity contribution in [1.29, 1.82) is 0 Å². The molecule has 1 N–H and O–H groups in total. The van der Waals surface area contributed by atoms with E-state index in [4.69, 9.17) is 26.8 Å². The SMILES string of the molecule is CCOC(OCC)c1ccc(C=C2SC(=S)N(CCCC(=O)O)C2=O)cc1. The first-order valence-corrected chi connectivity index (χ1v) is 9.99. The van der Waals surface area contributed by atoms with E-state index in [1.807, 2.05) is 38.1 Å². The summed E-state index contributed by atoms with van der Waals surface area (Å²) in [6.07, 6.45) is 1.77. The number of benzene rings is 1. The predicted octanol–water partition coefficient (Wildman–Crippen LogP) is 3.82. The summed E-state index contributed by atoms with van der Waals surface area (Å²) in [4.78, 5) is 25.1. The molecule has 1 amide bonds. The molecular formula is C19H23NO5S2. The minimum Gasteiger partial charge on any atom is -0.481 e. The van der Waals surface area contributed by atoms with Crippen LogP contribution >= 0.6 is 24.0 Å². The molecule has 1 aromatic rings. The lowest BCUT2D eigenvalue weighted by atomic mass is 10.1. The minimum absolute atomic E-state index is 0.0123. The molecule has 0 atom stereocenters. The van der Waals surface area contributed by atoms with Crippen LogP contribution < -0.4 is 0 Å². The molecule has 1 heterocycles. The summed E-state index contributed by atoms with van der Waals surface area (Å²) in [6.45, 7) is 5.25. The minimum atomic E-state index is -0.881. The summed E-state index contributed by atoms with van der Waals surface area (Å²) in [5.41, 5.74) is 1.79. The molecule has 0 bridgehead atoms. The van der Waals surface area contributed by atoms with Gasteiger partial charge in [-0.05, 0) is 31.9 Å². The van der Waals surface area contributed by atoms with Crippen molar-refractivity contribution in [3.8, 4) is 0 Å². The molecule has 2 rings (SSSR count). The van der Waals surface area contributed by atoms with Crippen LogP contribution in [-0.4, -0.2) is 46.0 Å². The van der Waals surface area contributed by atoms with E-state index in [0.29, 0.717) is 35.4 Å². The molecule has 1 aromatic carbocycles. The van der Waals surface area contributed by atoms with Gasteiger partial charge in [-0.3, -0.25) is 14.5 Å². The van der Waals surface area contributed by atoms with Gasteiger partial charge in [0, 0.05) is 31.7 Å². The molecule has 0 radical (unpaired) electrons. The fourth-order valence-electron chi connectivity index (χ4n) is 2.53. The lowest BCUT2D eigenvalue weighted by Gasteiger charge is -2.17. The van der Waals surface area contributed by atoms with Gasteiger partial charge in [0.1, 0.15) is 4.32 Å². The Kier molecular flexibility index (Phi) is 8.43. The molecule has 0 unspecified atom stereocenters. The van der Waals surface area contributed by atoms with Crippen molar-refractivity contribution >= 4 is 46.3 Å².